The summed E-state index contributed by atoms with van der Waals surface area (Å²) in [7, 11) is 7.87. The molecule has 736 valence electrons. The second-order valence-electron chi connectivity index (χ2n) is 34.6. The Labute approximate surface area is 811 Å². The maximum absolute atomic E-state index is 11.6. The van der Waals surface area contributed by atoms with Gasteiger partial charge in [-0.05, 0) is 218 Å². The van der Waals surface area contributed by atoms with Crippen molar-refractivity contribution in [1.29, 1.82) is 0 Å². The van der Waals surface area contributed by atoms with Crippen LogP contribution in [0.5, 0.6) is 69.0 Å². The first-order valence-electron chi connectivity index (χ1n) is 46.6. The van der Waals surface area contributed by atoms with E-state index in [9.17, 15) is 38.7 Å². The quantitative estimate of drug-likeness (QED) is 0.0459. The molecule has 21 rings (SSSR count). The van der Waals surface area contributed by atoms with Crippen LogP contribution in [-0.2, 0) is 124 Å². The molecule has 31 heteroatoms. The van der Waals surface area contributed by atoms with Crippen molar-refractivity contribution in [3.63, 3.8) is 0 Å². The van der Waals surface area contributed by atoms with Gasteiger partial charge in [0.15, 0.2) is 74.8 Å². The fourth-order valence-electron chi connectivity index (χ4n) is 17.0. The zero-order valence-corrected chi connectivity index (χ0v) is 79.0. The highest BCUT2D eigenvalue weighted by Gasteiger charge is 2.35. The number of esters is 6. The third-order valence-corrected chi connectivity index (χ3v) is 24.3. The van der Waals surface area contributed by atoms with Crippen LogP contribution in [0.15, 0.2) is 229 Å². The molecule has 12 heterocycles. The zero-order chi connectivity index (χ0) is 97.7. The second-order valence-corrected chi connectivity index (χ2v) is 34.6. The van der Waals surface area contributed by atoms with Gasteiger partial charge in [-0.3, -0.25) is 4.79 Å². The molecule has 0 fully saturated rings. The summed E-state index contributed by atoms with van der Waals surface area (Å²) < 4.78 is 122. The number of rotatable bonds is 23. The Bertz CT molecular complexity index is 5860. The Morgan fingerprint density at radius 3 is 1.24 bits per heavy atom. The molecule has 7 unspecified atom stereocenters. The number of carbonyl (C=O) groups is 7. The van der Waals surface area contributed by atoms with Crippen LogP contribution in [0.25, 0.3) is 18.2 Å². The summed E-state index contributed by atoms with van der Waals surface area (Å²) in [4.78, 5) is 79.6. The van der Waals surface area contributed by atoms with Gasteiger partial charge in [0, 0.05) is 63.5 Å². The number of aliphatic hydroxyl groups excluding tert-OH is 1. The van der Waals surface area contributed by atoms with Gasteiger partial charge in [0.05, 0.1) is 71.7 Å². The number of allylic oxidation sites excluding steroid dienone is 3. The Balaban J connectivity index is 0.000000124. The van der Waals surface area contributed by atoms with Gasteiger partial charge in [-0.15, -0.1) is 0 Å². The number of ketones is 1. The molecule has 7 atom stereocenters. The van der Waals surface area contributed by atoms with E-state index in [0.717, 1.165) is 172 Å². The molecule has 0 saturated heterocycles. The Morgan fingerprint density at radius 1 is 0.350 bits per heavy atom. The Morgan fingerprint density at radius 2 is 0.736 bits per heavy atom. The number of carbonyl (C=O) groups excluding carboxylic acids is 7. The van der Waals surface area contributed by atoms with Crippen LogP contribution < -0.4 is 56.8 Å². The van der Waals surface area contributed by atoms with E-state index in [1.54, 1.807) is 41.6 Å². The van der Waals surface area contributed by atoms with Gasteiger partial charge >= 0.3 is 35.8 Å². The Kier molecular flexibility index (Phi) is 34.6. The van der Waals surface area contributed by atoms with Gasteiger partial charge in [0.2, 0.25) is 27.2 Å². The van der Waals surface area contributed by atoms with Crippen LogP contribution in [-0.4, -0.2) is 172 Å². The van der Waals surface area contributed by atoms with E-state index in [1.165, 1.54) is 66.3 Å². The van der Waals surface area contributed by atoms with Crippen molar-refractivity contribution in [3.8, 4) is 69.0 Å². The minimum atomic E-state index is -0.534. The van der Waals surface area contributed by atoms with E-state index in [2.05, 4.69) is 24.3 Å². The highest BCUT2D eigenvalue weighted by Crippen LogP contribution is 2.41. The van der Waals surface area contributed by atoms with E-state index >= 15 is 0 Å². The van der Waals surface area contributed by atoms with Crippen LogP contribution in [0.2, 0.25) is 0 Å². The minimum absolute atomic E-state index is 0.00655. The molecule has 0 spiro atoms. The van der Waals surface area contributed by atoms with Crippen LogP contribution in [0.1, 0.15) is 140 Å². The van der Waals surface area contributed by atoms with E-state index in [4.69, 9.17) is 109 Å². The molecule has 0 saturated carbocycles. The standard InChI is InChI=1S/C17H18O3.2C16H18O5.C16H16O5.C16H16O4.C14H14O5.C14H14O4/c1-19-16-10-15(20-17(18)11-16)8-6-12-5-7-13-3-2-4-14(13)9-12;1-16(9-12(18-2)8-15(17)21-16)6-5-11-3-4-13-14(7-11)20-10-19-13;2*1-18-13-9-12(21-16(17)10-13)4-2-11-3-5-14-15(8-11)20-7-6-19-14;1-18-14-7-12(6-13(17)9-14)3-2-11-4-5-15-16(8-11)20-10-19-15;15-10-6-11(19-14(16)7-10)3-1-9-2-4-12-13(5-9)18-8-17-12;15-14-3-1-2-11(18-14)6-4-10-5-7-12-13(8-10)17-9-16-12/h5-9,11,15H,2-4,10H2,1H3;3-4,7-8H,5-6,9-10H2,1-2H3;3,5,8,10,12H,2,4,6-7,9H2,1H3;2-5,8,10,12H,6-7,9H2,1H3;2-5,8-9,12H,6-7,10H2,1H3;2,4-5,7,11,15H,1,3,6,8H2;1,3,5,7-8,11H,2,4,6,9H2/b8-6+;;;4-2+;3-2+;;. The zero-order valence-electron chi connectivity index (χ0n) is 79.0. The molecule has 0 aromatic heterocycles. The van der Waals surface area contributed by atoms with Gasteiger partial charge in [-0.1, -0.05) is 85.0 Å². The molecule has 7 aromatic carbocycles. The van der Waals surface area contributed by atoms with E-state index < -0.39 is 11.6 Å². The second kappa shape index (κ2) is 48.7. The van der Waals surface area contributed by atoms with E-state index in [-0.39, 0.29) is 98.2 Å². The molecule has 14 aliphatic rings. The topological polar surface area (TPSA) is 352 Å². The third kappa shape index (κ3) is 29.2. The number of hydrogen-bond acceptors (Lipinski definition) is 31. The van der Waals surface area contributed by atoms with Gasteiger partial charge in [0.1, 0.15) is 91.3 Å². The molecule has 2 aliphatic carbocycles. The SMILES string of the molecule is COC1=CC(=O)CC(/C=C/c2ccc3c(c2)OCO3)C1.COC1=CC(=O)OC(/C=C/c2ccc3c(c2)CCC3)C1.COC1=CC(=O)OC(/C=C/c2ccc3c(c2)OCCO3)C1.COC1=CC(=O)OC(C)(CCc2ccc3c(c2)OCO3)C1.COC1=CC(=O)OC(CCc2ccc3c(c2)OCCO3)C1.O=C1C=C(O)CC(CCc2ccc3c(c2)OCO3)O1.O=C1C=CCC(CCc2ccc3c(c2)OCO3)O1. The first kappa shape index (κ1) is 99.3. The number of fused-ring (bicyclic) bond motifs is 7. The van der Waals surface area contributed by atoms with Crippen molar-refractivity contribution in [2.45, 2.75) is 165 Å². The van der Waals surface area contributed by atoms with Gasteiger partial charge in [0.25, 0.3) is 0 Å². The number of aliphatic hydroxyl groups is 1. The van der Waals surface area contributed by atoms with Crippen molar-refractivity contribution in [3.05, 3.63) is 279 Å². The van der Waals surface area contributed by atoms with Crippen LogP contribution in [0.3, 0.4) is 0 Å². The average molecular weight is 1920 g/mol. The summed E-state index contributed by atoms with van der Waals surface area (Å²) in [6.07, 6.45) is 37.1. The number of ether oxygens (including phenoxy) is 23. The highest BCUT2D eigenvalue weighted by molar-refractivity contribution is 5.91. The van der Waals surface area contributed by atoms with E-state index in [0.29, 0.717) is 101 Å². The van der Waals surface area contributed by atoms with Gasteiger partial charge in [-0.2, -0.15) is 0 Å². The summed E-state index contributed by atoms with van der Waals surface area (Å²) in [5.74, 6) is 11.0. The number of aryl methyl sites for hydroxylation is 6. The fraction of sp³-hybridized carbons (Fsp3) is 0.367. The van der Waals surface area contributed by atoms with Crippen molar-refractivity contribution in [2.24, 2.45) is 5.92 Å². The largest absolute Gasteiger partial charge is 0.512 e. The van der Waals surface area contributed by atoms with Crippen molar-refractivity contribution >= 4 is 59.8 Å². The summed E-state index contributed by atoms with van der Waals surface area (Å²) in [6.45, 7) is 5.35. The lowest BCUT2D eigenvalue weighted by molar-refractivity contribution is -0.156. The third-order valence-electron chi connectivity index (χ3n) is 24.3. The van der Waals surface area contributed by atoms with Gasteiger partial charge < -0.3 is 114 Å². The molecule has 0 amide bonds. The molecule has 0 bridgehead atoms. The molecule has 140 heavy (non-hydrogen) atoms. The average Bonchev–Trinajstić information content (AvgIpc) is 1.06. The fourth-order valence-corrected chi connectivity index (χ4v) is 17.0. The molecule has 0 radical (unpaired) electrons. The first-order chi connectivity index (χ1) is 68.1. The summed E-state index contributed by atoms with van der Waals surface area (Å²) in [5, 5.41) is 9.40. The van der Waals surface area contributed by atoms with Crippen LogP contribution in [0, 0.1) is 5.92 Å². The predicted molar refractivity (Wildman–Crippen MR) is 509 cm³/mol. The maximum Gasteiger partial charge on any atom is 0.334 e. The lowest BCUT2D eigenvalue weighted by atomic mass is 9.91. The summed E-state index contributed by atoms with van der Waals surface area (Å²) in [5.41, 5.74) is 10.1. The Hall–Kier alpha value is -15.2. The molecule has 7 aromatic rings. The van der Waals surface area contributed by atoms with Crippen molar-refractivity contribution < 1.29 is 148 Å². The molecule has 12 aliphatic heterocycles. The monoisotopic (exact) mass is 1920 g/mol. The number of methoxy groups -OCH3 is 5. The van der Waals surface area contributed by atoms with Crippen molar-refractivity contribution in [1.82, 2.24) is 0 Å². The summed E-state index contributed by atoms with van der Waals surface area (Å²) >= 11 is 0. The molecule has 1 N–H and O–H groups in total. The smallest absolute Gasteiger partial charge is 0.334 e. The molecular formula is C109H114O31. The molecule has 31 nitrogen and oxygen atoms in total. The summed E-state index contributed by atoms with van der Waals surface area (Å²) in [6, 6.07) is 41.6. The minimum Gasteiger partial charge on any atom is -0.512 e. The highest BCUT2D eigenvalue weighted by atomic mass is 16.7. The number of hydrogen-bond donors (Lipinski definition) is 1. The van der Waals surface area contributed by atoms with Crippen LogP contribution in [0.4, 0.5) is 0 Å². The lowest BCUT2D eigenvalue weighted by Crippen LogP contribution is -2.36. The van der Waals surface area contributed by atoms with Gasteiger partial charge in [-0.25, -0.2) is 28.8 Å². The predicted octanol–water partition coefficient (Wildman–Crippen LogP) is 17.4. The van der Waals surface area contributed by atoms with Crippen molar-refractivity contribution in [2.75, 3.05) is 89.1 Å². The number of benzene rings is 7. The molecular weight excluding hydrogens is 1810 g/mol. The van der Waals surface area contributed by atoms with E-state index in [1.807, 2.05) is 153 Å². The number of cyclic esters (lactones) is 6. The maximum atomic E-state index is 11.6. The lowest BCUT2D eigenvalue weighted by Gasteiger charge is -2.32. The van der Waals surface area contributed by atoms with Crippen LogP contribution >= 0.6 is 0 Å². The normalized spacial score (nSPS) is 21.4. The first-order valence-corrected chi connectivity index (χ1v) is 46.6.